The minimum atomic E-state index is -1.03. The van der Waals surface area contributed by atoms with Crippen LogP contribution >= 0.6 is 0 Å². The first-order valence-corrected chi connectivity index (χ1v) is 6.64. The van der Waals surface area contributed by atoms with Crippen LogP contribution in [0, 0.1) is 0 Å². The monoisotopic (exact) mass is 291 g/mol. The molecule has 0 amide bonds. The summed E-state index contributed by atoms with van der Waals surface area (Å²) in [5.74, 6) is -0.658. The molecule has 112 valence electrons. The van der Waals surface area contributed by atoms with Gasteiger partial charge >= 0.3 is 11.9 Å². The molecule has 21 heavy (non-hydrogen) atoms. The van der Waals surface area contributed by atoms with Crippen molar-refractivity contribution < 1.29 is 24.2 Å². The first-order valence-electron chi connectivity index (χ1n) is 6.64. The third kappa shape index (κ3) is 4.06. The molecular formula is C15H17NO5. The highest BCUT2D eigenvalue weighted by Gasteiger charge is 2.24. The van der Waals surface area contributed by atoms with E-state index in [1.165, 1.54) is 13.2 Å². The molecule has 1 atom stereocenters. The average molecular weight is 291 g/mol. The van der Waals surface area contributed by atoms with Gasteiger partial charge in [0.1, 0.15) is 6.04 Å². The standard InChI is InChI=1S/C15H17NO5/c1-20-13-9-10(5-7-14(17)18)4-6-12(13)21-15(19)11-3-2-8-16-11/h4-7,9,11,16H,2-3,8H2,1H3,(H,17,18)/t11-/m0/s1. The Morgan fingerprint density at radius 2 is 2.19 bits per heavy atom. The Balaban J connectivity index is 2.12. The summed E-state index contributed by atoms with van der Waals surface area (Å²) < 4.78 is 10.5. The SMILES string of the molecule is COc1cc(C=CC(=O)O)ccc1OC(=O)[C@@H]1CCCN1. The lowest BCUT2D eigenvalue weighted by molar-refractivity contribution is -0.136. The molecular weight excluding hydrogens is 274 g/mol. The highest BCUT2D eigenvalue weighted by Crippen LogP contribution is 2.29. The molecule has 6 nitrogen and oxygen atoms in total. The molecule has 6 heteroatoms. The minimum Gasteiger partial charge on any atom is -0.493 e. The lowest BCUT2D eigenvalue weighted by atomic mass is 10.2. The van der Waals surface area contributed by atoms with Gasteiger partial charge in [0.15, 0.2) is 11.5 Å². The number of carboxylic acid groups (broad SMARTS) is 1. The number of hydrogen-bond donors (Lipinski definition) is 2. The Bertz CT molecular complexity index is 561. The average Bonchev–Trinajstić information content (AvgIpc) is 3.00. The van der Waals surface area contributed by atoms with Gasteiger partial charge in [0.2, 0.25) is 0 Å². The van der Waals surface area contributed by atoms with Crippen molar-refractivity contribution in [2.24, 2.45) is 0 Å². The number of carboxylic acids is 1. The van der Waals surface area contributed by atoms with Crippen molar-refractivity contribution in [3.63, 3.8) is 0 Å². The fourth-order valence-electron chi connectivity index (χ4n) is 2.10. The molecule has 0 aliphatic carbocycles. The highest BCUT2D eigenvalue weighted by molar-refractivity contribution is 5.85. The maximum atomic E-state index is 12.0. The largest absolute Gasteiger partial charge is 0.493 e. The first-order chi connectivity index (χ1) is 10.1. The topological polar surface area (TPSA) is 84.9 Å². The van der Waals surface area contributed by atoms with E-state index in [9.17, 15) is 9.59 Å². The summed E-state index contributed by atoms with van der Waals surface area (Å²) in [4.78, 5) is 22.4. The van der Waals surface area contributed by atoms with Crippen LogP contribution in [0.25, 0.3) is 6.08 Å². The normalized spacial score (nSPS) is 17.9. The van der Waals surface area contributed by atoms with Crippen LogP contribution < -0.4 is 14.8 Å². The van der Waals surface area contributed by atoms with E-state index < -0.39 is 5.97 Å². The van der Waals surface area contributed by atoms with Gasteiger partial charge in [-0.15, -0.1) is 0 Å². The van der Waals surface area contributed by atoms with Crippen molar-refractivity contribution in [3.05, 3.63) is 29.8 Å². The predicted molar refractivity (Wildman–Crippen MR) is 76.3 cm³/mol. The summed E-state index contributed by atoms with van der Waals surface area (Å²) in [6.45, 7) is 0.815. The number of carbonyl (C=O) groups excluding carboxylic acids is 1. The number of aliphatic carboxylic acids is 1. The number of methoxy groups -OCH3 is 1. The number of rotatable bonds is 5. The predicted octanol–water partition coefficient (Wildman–Crippen LogP) is 1.45. The third-order valence-corrected chi connectivity index (χ3v) is 3.16. The number of benzene rings is 1. The summed E-state index contributed by atoms with van der Waals surface area (Å²) in [5, 5.41) is 11.7. The summed E-state index contributed by atoms with van der Waals surface area (Å²) >= 11 is 0. The summed E-state index contributed by atoms with van der Waals surface area (Å²) in [5.41, 5.74) is 0.646. The second kappa shape index (κ2) is 6.90. The molecule has 0 aromatic heterocycles. The van der Waals surface area contributed by atoms with Crippen LogP contribution in [0.2, 0.25) is 0 Å². The Labute approximate surface area is 122 Å². The van der Waals surface area contributed by atoms with Crippen LogP contribution in [0.15, 0.2) is 24.3 Å². The maximum Gasteiger partial charge on any atom is 0.328 e. The lowest BCUT2D eigenvalue weighted by Crippen LogP contribution is -2.34. The quantitative estimate of drug-likeness (QED) is 0.485. The molecule has 0 bridgehead atoms. The van der Waals surface area contributed by atoms with Gasteiger partial charge in [-0.1, -0.05) is 6.07 Å². The fourth-order valence-corrected chi connectivity index (χ4v) is 2.10. The number of esters is 1. The lowest BCUT2D eigenvalue weighted by Gasteiger charge is -2.13. The minimum absolute atomic E-state index is 0.277. The molecule has 0 spiro atoms. The smallest absolute Gasteiger partial charge is 0.328 e. The molecule has 0 saturated carbocycles. The van der Waals surface area contributed by atoms with Crippen molar-refractivity contribution in [2.75, 3.05) is 13.7 Å². The molecule has 1 heterocycles. The summed E-state index contributed by atoms with van der Waals surface area (Å²) in [6.07, 6.45) is 4.19. The van der Waals surface area contributed by atoms with E-state index in [2.05, 4.69) is 5.32 Å². The first kappa shape index (κ1) is 15.1. The van der Waals surface area contributed by atoms with Crippen molar-refractivity contribution in [1.29, 1.82) is 0 Å². The second-order valence-electron chi connectivity index (χ2n) is 4.65. The van der Waals surface area contributed by atoms with E-state index in [1.807, 2.05) is 0 Å². The molecule has 1 aliphatic rings. The van der Waals surface area contributed by atoms with Gasteiger partial charge in [0, 0.05) is 6.08 Å². The van der Waals surface area contributed by atoms with Crippen molar-refractivity contribution in [1.82, 2.24) is 5.32 Å². The van der Waals surface area contributed by atoms with Gasteiger partial charge in [0.05, 0.1) is 7.11 Å². The van der Waals surface area contributed by atoms with Gasteiger partial charge < -0.3 is 19.9 Å². The Morgan fingerprint density at radius 1 is 1.38 bits per heavy atom. The van der Waals surface area contributed by atoms with Crippen molar-refractivity contribution in [3.8, 4) is 11.5 Å². The zero-order valence-electron chi connectivity index (χ0n) is 11.7. The number of ether oxygens (including phenoxy) is 2. The molecule has 1 aromatic rings. The van der Waals surface area contributed by atoms with Gasteiger partial charge in [-0.25, -0.2) is 9.59 Å². The molecule has 2 N–H and O–H groups in total. The maximum absolute atomic E-state index is 12.0. The fraction of sp³-hybridized carbons (Fsp3) is 0.333. The Kier molecular flexibility index (Phi) is 4.94. The summed E-state index contributed by atoms with van der Waals surface area (Å²) in [6, 6.07) is 4.59. The van der Waals surface area contributed by atoms with Crippen LogP contribution in [-0.4, -0.2) is 36.7 Å². The molecule has 2 rings (SSSR count). The van der Waals surface area contributed by atoms with E-state index in [1.54, 1.807) is 18.2 Å². The molecule has 1 aromatic carbocycles. The van der Waals surface area contributed by atoms with Crippen LogP contribution in [-0.2, 0) is 9.59 Å². The second-order valence-corrected chi connectivity index (χ2v) is 4.65. The van der Waals surface area contributed by atoms with Gasteiger partial charge in [-0.05, 0) is 43.2 Å². The van der Waals surface area contributed by atoms with Crippen LogP contribution in [0.5, 0.6) is 11.5 Å². The van der Waals surface area contributed by atoms with Crippen molar-refractivity contribution in [2.45, 2.75) is 18.9 Å². The summed E-state index contributed by atoms with van der Waals surface area (Å²) in [7, 11) is 1.46. The zero-order chi connectivity index (χ0) is 15.2. The molecule has 0 unspecified atom stereocenters. The molecule has 1 aliphatic heterocycles. The third-order valence-electron chi connectivity index (χ3n) is 3.16. The van der Waals surface area contributed by atoms with Gasteiger partial charge in [0.25, 0.3) is 0 Å². The van der Waals surface area contributed by atoms with E-state index in [0.717, 1.165) is 25.5 Å². The highest BCUT2D eigenvalue weighted by atomic mass is 16.6. The number of nitrogens with one attached hydrogen (secondary N) is 1. The van der Waals surface area contributed by atoms with Crippen LogP contribution in [0.3, 0.4) is 0 Å². The molecule has 1 fully saturated rings. The number of carbonyl (C=O) groups is 2. The zero-order valence-corrected chi connectivity index (χ0v) is 11.7. The Hall–Kier alpha value is -2.34. The van der Waals surface area contributed by atoms with E-state index in [4.69, 9.17) is 14.6 Å². The Morgan fingerprint density at radius 3 is 2.81 bits per heavy atom. The van der Waals surface area contributed by atoms with E-state index in [0.29, 0.717) is 17.1 Å². The number of hydrogen-bond acceptors (Lipinski definition) is 5. The van der Waals surface area contributed by atoms with Crippen LogP contribution in [0.4, 0.5) is 0 Å². The van der Waals surface area contributed by atoms with E-state index >= 15 is 0 Å². The van der Waals surface area contributed by atoms with Gasteiger partial charge in [-0.3, -0.25) is 0 Å². The van der Waals surface area contributed by atoms with E-state index in [-0.39, 0.29) is 12.0 Å². The van der Waals surface area contributed by atoms with Gasteiger partial charge in [-0.2, -0.15) is 0 Å². The van der Waals surface area contributed by atoms with Crippen LogP contribution in [0.1, 0.15) is 18.4 Å². The molecule has 1 saturated heterocycles. The molecule has 0 radical (unpaired) electrons. The van der Waals surface area contributed by atoms with Crippen molar-refractivity contribution >= 4 is 18.0 Å².